The Hall–Kier alpha value is -1.31. The van der Waals surface area contributed by atoms with Gasteiger partial charge in [-0.2, -0.15) is 0 Å². The van der Waals surface area contributed by atoms with Gasteiger partial charge in [-0.15, -0.1) is 0 Å². The van der Waals surface area contributed by atoms with E-state index in [1.165, 1.54) is 116 Å². The highest BCUT2D eigenvalue weighted by Crippen LogP contribution is 2.15. The number of rotatable bonds is 23. The molecule has 1 aromatic rings. The molecule has 2 heteroatoms. The zero-order valence-corrected chi connectivity index (χ0v) is 21.3. The Balaban J connectivity index is 1.71. The highest BCUT2D eigenvalue weighted by Gasteiger charge is 2.03. The molecule has 1 rings (SSSR count). The van der Waals surface area contributed by atoms with Crippen LogP contribution >= 0.6 is 0 Å². The van der Waals surface area contributed by atoms with Crippen molar-refractivity contribution in [2.75, 3.05) is 0 Å². The SMILES string of the molecule is CCCCCCCCCCCCCCCCCCCCCCC(=O)OCc1ccccc1. The maximum Gasteiger partial charge on any atom is 0.306 e. The minimum absolute atomic E-state index is 0.0590. The standard InChI is InChI=1S/C30H52O2/c1-2-3-4-5-6-7-8-9-10-11-12-13-14-15-16-17-18-19-20-24-27-30(31)32-28-29-25-22-21-23-26-29/h21-23,25-26H,2-20,24,27-28H2,1H3. The molecule has 0 aliphatic rings. The van der Waals surface area contributed by atoms with Gasteiger partial charge in [0, 0.05) is 6.42 Å². The molecular weight excluding hydrogens is 392 g/mol. The van der Waals surface area contributed by atoms with Gasteiger partial charge in [-0.1, -0.05) is 159 Å². The average Bonchev–Trinajstić information content (AvgIpc) is 2.82. The Morgan fingerprint density at radius 3 is 1.34 bits per heavy atom. The predicted molar refractivity (Wildman–Crippen MR) is 139 cm³/mol. The van der Waals surface area contributed by atoms with Crippen molar-refractivity contribution in [1.82, 2.24) is 0 Å². The van der Waals surface area contributed by atoms with Crippen LogP contribution in [0.25, 0.3) is 0 Å². The largest absolute Gasteiger partial charge is 0.461 e. The average molecular weight is 445 g/mol. The lowest BCUT2D eigenvalue weighted by Gasteiger charge is -2.05. The normalized spacial score (nSPS) is 11.0. The van der Waals surface area contributed by atoms with E-state index >= 15 is 0 Å². The molecule has 0 radical (unpaired) electrons. The van der Waals surface area contributed by atoms with Gasteiger partial charge in [0.1, 0.15) is 6.61 Å². The molecule has 0 aliphatic carbocycles. The Morgan fingerprint density at radius 2 is 0.938 bits per heavy atom. The third-order valence-electron chi connectivity index (χ3n) is 6.48. The van der Waals surface area contributed by atoms with Crippen LogP contribution in [0.5, 0.6) is 0 Å². The summed E-state index contributed by atoms with van der Waals surface area (Å²) >= 11 is 0. The fourth-order valence-corrected chi connectivity index (χ4v) is 4.33. The van der Waals surface area contributed by atoms with Gasteiger partial charge in [-0.25, -0.2) is 0 Å². The van der Waals surface area contributed by atoms with Crippen molar-refractivity contribution in [2.24, 2.45) is 0 Å². The minimum Gasteiger partial charge on any atom is -0.461 e. The van der Waals surface area contributed by atoms with Crippen molar-refractivity contribution < 1.29 is 9.53 Å². The van der Waals surface area contributed by atoms with Crippen molar-refractivity contribution in [1.29, 1.82) is 0 Å². The quantitative estimate of drug-likeness (QED) is 0.124. The van der Waals surface area contributed by atoms with Crippen LogP contribution in [-0.2, 0) is 16.1 Å². The van der Waals surface area contributed by atoms with Crippen LogP contribution < -0.4 is 0 Å². The second kappa shape index (κ2) is 22.9. The van der Waals surface area contributed by atoms with Crippen LogP contribution in [-0.4, -0.2) is 5.97 Å². The molecule has 0 bridgehead atoms. The first-order valence-corrected chi connectivity index (χ1v) is 14.0. The zero-order valence-electron chi connectivity index (χ0n) is 21.3. The predicted octanol–water partition coefficient (Wildman–Crippen LogP) is 9.94. The minimum atomic E-state index is -0.0590. The summed E-state index contributed by atoms with van der Waals surface area (Å²) in [4.78, 5) is 11.8. The highest BCUT2D eigenvalue weighted by atomic mass is 16.5. The summed E-state index contributed by atoms with van der Waals surface area (Å²) in [6, 6.07) is 9.91. The molecule has 0 atom stereocenters. The molecule has 0 aromatic heterocycles. The third-order valence-corrected chi connectivity index (χ3v) is 6.48. The van der Waals surface area contributed by atoms with E-state index in [1.807, 2.05) is 30.3 Å². The first-order valence-electron chi connectivity index (χ1n) is 14.0. The molecule has 0 aliphatic heterocycles. The molecule has 184 valence electrons. The molecule has 32 heavy (non-hydrogen) atoms. The van der Waals surface area contributed by atoms with Gasteiger partial charge in [0.15, 0.2) is 0 Å². The van der Waals surface area contributed by atoms with E-state index in [1.54, 1.807) is 0 Å². The molecule has 0 unspecified atom stereocenters. The summed E-state index contributed by atoms with van der Waals surface area (Å²) in [5.74, 6) is -0.0590. The molecular formula is C30H52O2. The number of carbonyl (C=O) groups is 1. The van der Waals surface area contributed by atoms with E-state index in [4.69, 9.17) is 4.74 Å². The van der Waals surface area contributed by atoms with Gasteiger partial charge in [0.05, 0.1) is 0 Å². The van der Waals surface area contributed by atoms with Crippen molar-refractivity contribution >= 4 is 5.97 Å². The first kappa shape index (κ1) is 28.7. The maximum absolute atomic E-state index is 11.8. The van der Waals surface area contributed by atoms with Crippen LogP contribution in [0.1, 0.15) is 147 Å². The fraction of sp³-hybridized carbons (Fsp3) is 0.767. The van der Waals surface area contributed by atoms with Crippen LogP contribution in [0.2, 0.25) is 0 Å². The topological polar surface area (TPSA) is 26.3 Å². The van der Waals surface area contributed by atoms with Crippen molar-refractivity contribution in [2.45, 2.75) is 148 Å². The lowest BCUT2D eigenvalue weighted by atomic mass is 10.0. The molecule has 1 aromatic carbocycles. The summed E-state index contributed by atoms with van der Waals surface area (Å²) in [5.41, 5.74) is 1.06. The number of hydrogen-bond donors (Lipinski definition) is 0. The van der Waals surface area contributed by atoms with E-state index in [-0.39, 0.29) is 5.97 Å². The smallest absolute Gasteiger partial charge is 0.306 e. The Labute approximate surface area is 199 Å². The number of ether oxygens (including phenoxy) is 1. The van der Waals surface area contributed by atoms with E-state index in [0.717, 1.165) is 18.4 Å². The van der Waals surface area contributed by atoms with Gasteiger partial charge in [-0.05, 0) is 12.0 Å². The number of esters is 1. The van der Waals surface area contributed by atoms with Crippen molar-refractivity contribution in [3.63, 3.8) is 0 Å². The summed E-state index contributed by atoms with van der Waals surface area (Å²) in [5, 5.41) is 0. The van der Waals surface area contributed by atoms with Crippen molar-refractivity contribution in [3.05, 3.63) is 35.9 Å². The molecule has 2 nitrogen and oxygen atoms in total. The summed E-state index contributed by atoms with van der Waals surface area (Å²) < 4.78 is 5.33. The first-order chi connectivity index (χ1) is 15.8. The second-order valence-corrected chi connectivity index (χ2v) is 9.61. The van der Waals surface area contributed by atoms with E-state index in [2.05, 4.69) is 6.92 Å². The molecule has 0 spiro atoms. The molecule has 0 saturated carbocycles. The van der Waals surface area contributed by atoms with Gasteiger partial charge in [0.2, 0.25) is 0 Å². The maximum atomic E-state index is 11.8. The van der Waals surface area contributed by atoms with E-state index in [9.17, 15) is 4.79 Å². The van der Waals surface area contributed by atoms with Gasteiger partial charge in [0.25, 0.3) is 0 Å². The number of carbonyl (C=O) groups excluding carboxylic acids is 1. The van der Waals surface area contributed by atoms with E-state index in [0.29, 0.717) is 13.0 Å². The zero-order chi connectivity index (χ0) is 23.0. The Bertz CT molecular complexity index is 511. The number of hydrogen-bond acceptors (Lipinski definition) is 2. The van der Waals surface area contributed by atoms with E-state index < -0.39 is 0 Å². The molecule has 0 N–H and O–H groups in total. The fourth-order valence-electron chi connectivity index (χ4n) is 4.33. The Kier molecular flexibility index (Phi) is 20.5. The van der Waals surface area contributed by atoms with Gasteiger partial charge < -0.3 is 4.74 Å². The lowest BCUT2D eigenvalue weighted by molar-refractivity contribution is -0.145. The van der Waals surface area contributed by atoms with Crippen molar-refractivity contribution in [3.8, 4) is 0 Å². The molecule has 0 saturated heterocycles. The summed E-state index contributed by atoms with van der Waals surface area (Å²) in [6.07, 6.45) is 28.1. The molecule has 0 amide bonds. The van der Waals surface area contributed by atoms with Crippen LogP contribution in [0.3, 0.4) is 0 Å². The Morgan fingerprint density at radius 1 is 0.562 bits per heavy atom. The van der Waals surface area contributed by atoms with Gasteiger partial charge in [-0.3, -0.25) is 4.79 Å². The number of unbranched alkanes of at least 4 members (excludes halogenated alkanes) is 19. The summed E-state index contributed by atoms with van der Waals surface area (Å²) in [6.45, 7) is 2.69. The van der Waals surface area contributed by atoms with Gasteiger partial charge >= 0.3 is 5.97 Å². The highest BCUT2D eigenvalue weighted by molar-refractivity contribution is 5.69. The van der Waals surface area contributed by atoms with Crippen LogP contribution in [0, 0.1) is 0 Å². The summed E-state index contributed by atoms with van der Waals surface area (Å²) in [7, 11) is 0. The lowest BCUT2D eigenvalue weighted by Crippen LogP contribution is -2.04. The number of benzene rings is 1. The third kappa shape index (κ3) is 19.4. The molecule has 0 fully saturated rings. The monoisotopic (exact) mass is 444 g/mol. The van der Waals surface area contributed by atoms with Crippen LogP contribution in [0.15, 0.2) is 30.3 Å². The second-order valence-electron chi connectivity index (χ2n) is 9.61. The van der Waals surface area contributed by atoms with Crippen LogP contribution in [0.4, 0.5) is 0 Å². The molecule has 0 heterocycles.